The van der Waals surface area contributed by atoms with Gasteiger partial charge in [-0.1, -0.05) is 16.9 Å². The van der Waals surface area contributed by atoms with Crippen molar-refractivity contribution >= 4 is 63.7 Å². The van der Waals surface area contributed by atoms with Crippen LogP contribution in [0.4, 0.5) is 5.13 Å². The number of aryl methyl sites for hydroxylation is 1. The Morgan fingerprint density at radius 1 is 1.35 bits per heavy atom. The smallest absolute Gasteiger partial charge is 0.352 e. The molecule has 2 atom stereocenters. The number of carbonyl (C=O) groups is 3. The number of β-lactam (4-membered cyclic amide) rings is 1. The second kappa shape index (κ2) is 10.6. The van der Waals surface area contributed by atoms with Gasteiger partial charge in [-0.2, -0.15) is 9.36 Å². The van der Waals surface area contributed by atoms with Gasteiger partial charge in [0.25, 0.3) is 11.8 Å². The fraction of sp³-hybridized carbons (Fsp3) is 0.526. The van der Waals surface area contributed by atoms with E-state index in [1.807, 2.05) is 0 Å². The highest BCUT2D eigenvalue weighted by Crippen LogP contribution is 2.41. The summed E-state index contributed by atoms with van der Waals surface area (Å²) in [5, 5.41) is 27.8. The number of carboxylic acids is 1. The molecule has 2 aromatic rings. The molecule has 2 aromatic heterocycles. The number of nitrogens with two attached hydrogens (primary N) is 1. The van der Waals surface area contributed by atoms with Crippen molar-refractivity contribution in [1.82, 2.24) is 39.8 Å². The molecule has 0 aromatic carbocycles. The fourth-order valence-electron chi connectivity index (χ4n) is 4.14. The van der Waals surface area contributed by atoms with Gasteiger partial charge in [-0.25, -0.2) is 9.48 Å². The molecular weight excluding hydrogens is 544 g/mol. The summed E-state index contributed by atoms with van der Waals surface area (Å²) >= 11 is 3.54. The lowest BCUT2D eigenvalue weighted by Gasteiger charge is -2.49. The van der Waals surface area contributed by atoms with Crippen molar-refractivity contribution in [2.24, 2.45) is 12.2 Å². The summed E-state index contributed by atoms with van der Waals surface area (Å²) in [5.74, 6) is -1.80. The number of oxime groups is 1. The Bertz CT molecular complexity index is 1290. The van der Waals surface area contributed by atoms with Crippen molar-refractivity contribution in [3.63, 3.8) is 0 Å². The molecule has 2 aliphatic heterocycles. The van der Waals surface area contributed by atoms with E-state index in [0.717, 1.165) is 37.2 Å². The van der Waals surface area contributed by atoms with Gasteiger partial charge in [-0.3, -0.25) is 14.5 Å². The molecule has 15 nitrogen and oxygen atoms in total. The third kappa shape index (κ3) is 5.12. The average Bonchev–Trinajstić information content (AvgIpc) is 3.64. The highest BCUT2D eigenvalue weighted by molar-refractivity contribution is 8.01. The maximum absolute atomic E-state index is 13.2. The third-order valence-corrected chi connectivity index (χ3v) is 8.94. The normalized spacial score (nSPS) is 22.1. The Morgan fingerprint density at radius 3 is 2.78 bits per heavy atom. The molecule has 0 spiro atoms. The molecule has 3 aliphatic rings. The molecule has 1 unspecified atom stereocenters. The van der Waals surface area contributed by atoms with Crippen LogP contribution in [-0.2, 0) is 26.3 Å². The van der Waals surface area contributed by atoms with E-state index < -0.39 is 29.2 Å². The summed E-state index contributed by atoms with van der Waals surface area (Å²) in [6.07, 6.45) is 3.59. The highest BCUT2D eigenvalue weighted by Gasteiger charge is 2.54. The van der Waals surface area contributed by atoms with E-state index in [-0.39, 0.29) is 28.5 Å². The number of aromatic nitrogens is 6. The lowest BCUT2D eigenvalue weighted by atomic mass is 10.0. The number of nitrogens with zero attached hydrogens (tertiary/aromatic N) is 8. The number of tetrazole rings is 1. The second-order valence-corrected chi connectivity index (χ2v) is 11.2. The SMILES string of the molecule is Cn1nnnc1SCC1=C(C(=O)O)N2C(=O)C(NC(=O)C(=NOC3CCCC3)c3nsc(N)n3)[C@@H]2SC1. The molecule has 1 saturated heterocycles. The largest absolute Gasteiger partial charge is 0.477 e. The molecular formula is C19H22N10O5S3. The van der Waals surface area contributed by atoms with Crippen LogP contribution in [0.2, 0.25) is 0 Å². The van der Waals surface area contributed by atoms with E-state index in [1.165, 1.54) is 33.1 Å². The number of nitrogen functional groups attached to an aromatic ring is 1. The molecule has 2 amide bonds. The fourth-order valence-corrected chi connectivity index (χ4v) is 6.90. The second-order valence-electron chi connectivity index (χ2n) is 8.40. The zero-order chi connectivity index (χ0) is 26.1. The van der Waals surface area contributed by atoms with Crippen molar-refractivity contribution < 1.29 is 24.3 Å². The van der Waals surface area contributed by atoms with E-state index in [2.05, 4.69) is 35.4 Å². The van der Waals surface area contributed by atoms with Gasteiger partial charge in [0, 0.05) is 30.1 Å². The van der Waals surface area contributed by atoms with Crippen LogP contribution in [-0.4, -0.2) is 92.1 Å². The average molecular weight is 567 g/mol. The number of carbonyl (C=O) groups excluding carboxylic acids is 2. The minimum Gasteiger partial charge on any atom is -0.477 e. The highest BCUT2D eigenvalue weighted by atomic mass is 32.2. The van der Waals surface area contributed by atoms with Crippen LogP contribution in [0, 0.1) is 0 Å². The molecule has 1 saturated carbocycles. The van der Waals surface area contributed by atoms with Gasteiger partial charge >= 0.3 is 5.97 Å². The summed E-state index contributed by atoms with van der Waals surface area (Å²) in [4.78, 5) is 49.1. The van der Waals surface area contributed by atoms with Crippen LogP contribution in [0.3, 0.4) is 0 Å². The number of carboxylic acid groups (broad SMARTS) is 1. The van der Waals surface area contributed by atoms with Gasteiger partial charge in [0.15, 0.2) is 5.13 Å². The predicted molar refractivity (Wildman–Crippen MR) is 133 cm³/mol. The van der Waals surface area contributed by atoms with Gasteiger partial charge in [0.2, 0.25) is 16.7 Å². The zero-order valence-corrected chi connectivity index (χ0v) is 21.9. The minimum absolute atomic E-state index is 0.00150. The Kier molecular flexibility index (Phi) is 7.29. The van der Waals surface area contributed by atoms with Crippen molar-refractivity contribution in [2.75, 3.05) is 17.2 Å². The van der Waals surface area contributed by atoms with E-state index in [4.69, 9.17) is 10.6 Å². The van der Waals surface area contributed by atoms with Crippen LogP contribution in [0.15, 0.2) is 21.6 Å². The number of anilines is 1. The standard InChI is InChI=1S/C19H22N10O5S3/c1-28-19(23-26-27-28)36-7-8-6-35-16-11(15(31)29(16)12(8)17(32)33)21-14(30)10(13-22-18(20)37-25-13)24-34-9-4-2-3-5-9/h9,11,16H,2-7H2,1H3,(H,21,30)(H,32,33)(H2,20,22,25)/t11?,16-/m0/s1. The van der Waals surface area contributed by atoms with E-state index in [9.17, 15) is 19.5 Å². The maximum Gasteiger partial charge on any atom is 0.352 e. The van der Waals surface area contributed by atoms with Crippen LogP contribution in [0.1, 0.15) is 31.5 Å². The van der Waals surface area contributed by atoms with Crippen molar-refractivity contribution in [3.8, 4) is 0 Å². The predicted octanol–water partition coefficient (Wildman–Crippen LogP) is -0.162. The molecule has 5 rings (SSSR count). The van der Waals surface area contributed by atoms with Gasteiger partial charge in [0.1, 0.15) is 23.2 Å². The zero-order valence-electron chi connectivity index (χ0n) is 19.4. The Labute approximate surface area is 222 Å². The first kappa shape index (κ1) is 25.4. The summed E-state index contributed by atoms with van der Waals surface area (Å²) in [5.41, 5.74) is 5.97. The van der Waals surface area contributed by atoms with Gasteiger partial charge in [-0.05, 0) is 41.7 Å². The minimum atomic E-state index is -1.22. The molecule has 1 aliphatic carbocycles. The molecule has 4 heterocycles. The van der Waals surface area contributed by atoms with E-state index in [1.54, 1.807) is 7.05 Å². The first-order chi connectivity index (χ1) is 17.8. The number of rotatable bonds is 9. The molecule has 18 heteroatoms. The van der Waals surface area contributed by atoms with Gasteiger partial charge < -0.3 is 21.0 Å². The first-order valence-electron chi connectivity index (χ1n) is 11.2. The summed E-state index contributed by atoms with van der Waals surface area (Å²) in [6, 6.07) is -0.948. The summed E-state index contributed by atoms with van der Waals surface area (Å²) < 4.78 is 5.53. The number of fused-ring (bicyclic) bond motifs is 1. The topological polar surface area (TPSA) is 204 Å². The molecule has 37 heavy (non-hydrogen) atoms. The molecule has 0 bridgehead atoms. The van der Waals surface area contributed by atoms with E-state index >= 15 is 0 Å². The van der Waals surface area contributed by atoms with Gasteiger partial charge in [0.05, 0.1) is 0 Å². The first-order valence-corrected chi connectivity index (χ1v) is 14.0. The van der Waals surface area contributed by atoms with Crippen LogP contribution >= 0.6 is 35.1 Å². The van der Waals surface area contributed by atoms with Crippen LogP contribution in [0.25, 0.3) is 0 Å². The number of thioether (sulfide) groups is 2. The number of aliphatic carboxylic acids is 1. The van der Waals surface area contributed by atoms with Gasteiger partial charge in [-0.15, -0.1) is 16.9 Å². The number of nitrogens with one attached hydrogen (secondary N) is 1. The monoisotopic (exact) mass is 566 g/mol. The summed E-state index contributed by atoms with van der Waals surface area (Å²) in [6.45, 7) is 0. The third-order valence-electron chi connectivity index (χ3n) is 5.96. The van der Waals surface area contributed by atoms with Crippen molar-refractivity contribution in [1.29, 1.82) is 0 Å². The van der Waals surface area contributed by atoms with E-state index in [0.29, 0.717) is 22.2 Å². The maximum atomic E-state index is 13.2. The number of amides is 2. The van der Waals surface area contributed by atoms with Crippen molar-refractivity contribution in [2.45, 2.75) is 48.4 Å². The summed E-state index contributed by atoms with van der Waals surface area (Å²) in [7, 11) is 1.68. The molecule has 2 fully saturated rings. The molecule has 4 N–H and O–H groups in total. The Hall–Kier alpha value is -3.25. The number of hydrogen-bond acceptors (Lipinski definition) is 14. The van der Waals surface area contributed by atoms with Crippen molar-refractivity contribution in [3.05, 3.63) is 17.1 Å². The van der Waals surface area contributed by atoms with Crippen LogP contribution in [0.5, 0.6) is 0 Å². The van der Waals surface area contributed by atoms with Crippen LogP contribution < -0.4 is 11.1 Å². The lowest BCUT2D eigenvalue weighted by Crippen LogP contribution is -2.71. The number of hydrogen-bond donors (Lipinski definition) is 3. The Balaban J connectivity index is 1.30. The Morgan fingerprint density at radius 2 is 2.14 bits per heavy atom. The quantitative estimate of drug-likeness (QED) is 0.156. The lowest BCUT2D eigenvalue weighted by molar-refractivity contribution is -0.150. The molecule has 196 valence electrons. The molecule has 0 radical (unpaired) electrons.